The zero-order valence-corrected chi connectivity index (χ0v) is 19.9. The van der Waals surface area contributed by atoms with Gasteiger partial charge < -0.3 is 9.47 Å². The molecule has 180 valence electrons. The van der Waals surface area contributed by atoms with Gasteiger partial charge in [0.25, 0.3) is 0 Å². The van der Waals surface area contributed by atoms with Crippen LogP contribution in [-0.4, -0.2) is 46.6 Å². The molecule has 0 saturated heterocycles. The first-order chi connectivity index (χ1) is 17.0. The number of hydrogen-bond donors (Lipinski definition) is 0. The Balaban J connectivity index is 1.69. The van der Waals surface area contributed by atoms with Gasteiger partial charge in [0, 0.05) is 6.54 Å². The van der Waals surface area contributed by atoms with E-state index in [9.17, 15) is 9.59 Å². The Kier molecular flexibility index (Phi) is 7.25. The van der Waals surface area contributed by atoms with Crippen LogP contribution in [0.1, 0.15) is 17.5 Å². The van der Waals surface area contributed by atoms with Gasteiger partial charge in [-0.25, -0.2) is 9.59 Å². The van der Waals surface area contributed by atoms with E-state index in [1.165, 1.54) is 12.0 Å². The Morgan fingerprint density at radius 2 is 1.63 bits per heavy atom. The summed E-state index contributed by atoms with van der Waals surface area (Å²) in [6, 6.07) is 21.9. The number of para-hydroxylation sites is 2. The zero-order valence-electron chi connectivity index (χ0n) is 19.9. The summed E-state index contributed by atoms with van der Waals surface area (Å²) in [7, 11) is 3.04. The summed E-state index contributed by atoms with van der Waals surface area (Å²) in [5.74, 6) is 0.961. The Hall–Kier alpha value is -4.40. The average Bonchev–Trinajstić information content (AvgIpc) is 3.27. The second-order valence-corrected chi connectivity index (χ2v) is 7.96. The molecule has 1 amide bonds. The minimum atomic E-state index is -0.695. The van der Waals surface area contributed by atoms with Crippen LogP contribution < -0.4 is 20.1 Å². The van der Waals surface area contributed by atoms with E-state index in [0.29, 0.717) is 35.8 Å². The van der Waals surface area contributed by atoms with Gasteiger partial charge in [-0.1, -0.05) is 48.5 Å². The van der Waals surface area contributed by atoms with Crippen molar-refractivity contribution in [3.05, 3.63) is 94.4 Å². The molecule has 0 spiro atoms. The van der Waals surface area contributed by atoms with E-state index in [-0.39, 0.29) is 0 Å². The summed E-state index contributed by atoms with van der Waals surface area (Å²) in [4.78, 5) is 28.4. The predicted octanol–water partition coefficient (Wildman–Crippen LogP) is 3.86. The van der Waals surface area contributed by atoms with Crippen molar-refractivity contribution in [2.75, 3.05) is 25.7 Å². The first kappa shape index (κ1) is 23.7. The summed E-state index contributed by atoms with van der Waals surface area (Å²) in [5, 5.41) is 7.83. The van der Waals surface area contributed by atoms with Crippen molar-refractivity contribution in [3.63, 3.8) is 0 Å². The Labute approximate surface area is 203 Å². The lowest BCUT2D eigenvalue weighted by atomic mass is 10.1. The fourth-order valence-electron chi connectivity index (χ4n) is 3.85. The van der Waals surface area contributed by atoms with Gasteiger partial charge in [-0.05, 0) is 65.6 Å². The number of aryl methyl sites for hydroxylation is 2. The second-order valence-electron chi connectivity index (χ2n) is 7.96. The molecule has 1 heterocycles. The van der Waals surface area contributed by atoms with Gasteiger partial charge in [-0.15, -0.1) is 4.68 Å². The summed E-state index contributed by atoms with van der Waals surface area (Å²) in [6.45, 7) is 2.28. The third-order valence-corrected chi connectivity index (χ3v) is 5.62. The Bertz CT molecular complexity index is 1360. The smallest absolute Gasteiger partial charge is 0.377 e. The molecule has 0 unspecified atom stereocenters. The SMILES string of the molecule is COc1ccc(C)cc1N(CCCc1ccccc1)C(=O)n1nnn(-c2ccccc2OC)c1=O. The number of amides is 1. The largest absolute Gasteiger partial charge is 0.495 e. The fraction of sp³-hybridized carbons (Fsp3) is 0.231. The van der Waals surface area contributed by atoms with Gasteiger partial charge in [0.2, 0.25) is 0 Å². The first-order valence-corrected chi connectivity index (χ1v) is 11.2. The highest BCUT2D eigenvalue weighted by molar-refractivity contribution is 5.94. The van der Waals surface area contributed by atoms with E-state index in [4.69, 9.17) is 9.47 Å². The maximum absolute atomic E-state index is 13.7. The number of tetrazole rings is 1. The summed E-state index contributed by atoms with van der Waals surface area (Å²) in [5.41, 5.74) is 2.37. The highest BCUT2D eigenvalue weighted by atomic mass is 16.5. The molecule has 4 aromatic rings. The van der Waals surface area contributed by atoms with Gasteiger partial charge in [0.05, 0.1) is 19.9 Å². The van der Waals surface area contributed by atoms with Gasteiger partial charge >= 0.3 is 11.7 Å². The Morgan fingerprint density at radius 3 is 2.37 bits per heavy atom. The van der Waals surface area contributed by atoms with Crippen LogP contribution in [-0.2, 0) is 6.42 Å². The lowest BCUT2D eigenvalue weighted by Crippen LogP contribution is -2.42. The summed E-state index contributed by atoms with van der Waals surface area (Å²) in [6.07, 6.45) is 1.43. The number of ether oxygens (including phenoxy) is 2. The molecule has 0 radical (unpaired) electrons. The van der Waals surface area contributed by atoms with Crippen LogP contribution in [0.5, 0.6) is 11.5 Å². The van der Waals surface area contributed by atoms with Crippen LogP contribution in [0.3, 0.4) is 0 Å². The molecule has 0 aliphatic carbocycles. The van der Waals surface area contributed by atoms with Crippen molar-refractivity contribution in [3.8, 4) is 17.2 Å². The molecular weight excluding hydrogens is 446 g/mol. The number of nitrogens with zero attached hydrogens (tertiary/aromatic N) is 5. The lowest BCUT2D eigenvalue weighted by Gasteiger charge is -2.24. The normalized spacial score (nSPS) is 10.7. The first-order valence-electron chi connectivity index (χ1n) is 11.2. The van der Waals surface area contributed by atoms with Gasteiger partial charge in [-0.2, -0.15) is 4.68 Å². The van der Waals surface area contributed by atoms with E-state index in [1.807, 2.05) is 49.4 Å². The van der Waals surface area contributed by atoms with E-state index in [2.05, 4.69) is 10.4 Å². The molecule has 0 saturated carbocycles. The Morgan fingerprint density at radius 1 is 0.914 bits per heavy atom. The number of benzene rings is 3. The molecule has 3 aromatic carbocycles. The standard InChI is InChI=1S/C26H27N5O4/c1-19-15-16-24(35-3)22(18-19)29(17-9-12-20-10-5-4-6-11-20)25(32)31-26(33)30(27-28-31)21-13-7-8-14-23(21)34-2/h4-8,10-11,13-16,18H,9,12,17H2,1-3H3. The van der Waals surface area contributed by atoms with Crippen molar-refractivity contribution < 1.29 is 14.3 Å². The minimum Gasteiger partial charge on any atom is -0.495 e. The third kappa shape index (κ3) is 5.08. The third-order valence-electron chi connectivity index (χ3n) is 5.62. The highest BCUT2D eigenvalue weighted by Crippen LogP contribution is 2.30. The quantitative estimate of drug-likeness (QED) is 0.361. The number of aromatic nitrogens is 4. The molecule has 9 nitrogen and oxygen atoms in total. The molecule has 9 heteroatoms. The van der Waals surface area contributed by atoms with Crippen molar-refractivity contribution >= 4 is 11.7 Å². The molecule has 0 bridgehead atoms. The lowest BCUT2D eigenvalue weighted by molar-refractivity contribution is 0.243. The molecule has 0 N–H and O–H groups in total. The van der Waals surface area contributed by atoms with Crippen LogP contribution in [0.2, 0.25) is 0 Å². The molecule has 0 atom stereocenters. The van der Waals surface area contributed by atoms with Crippen LogP contribution in [0, 0.1) is 6.92 Å². The average molecular weight is 474 g/mol. The molecule has 35 heavy (non-hydrogen) atoms. The number of methoxy groups -OCH3 is 2. The van der Waals surface area contributed by atoms with E-state index < -0.39 is 11.7 Å². The fourth-order valence-corrected chi connectivity index (χ4v) is 3.85. The maximum atomic E-state index is 13.7. The maximum Gasteiger partial charge on any atom is 0.377 e. The molecule has 0 aliphatic heterocycles. The number of carbonyl (C=O) groups excluding carboxylic acids is 1. The predicted molar refractivity (Wildman–Crippen MR) is 133 cm³/mol. The highest BCUT2D eigenvalue weighted by Gasteiger charge is 2.26. The van der Waals surface area contributed by atoms with Crippen LogP contribution in [0.15, 0.2) is 77.6 Å². The van der Waals surface area contributed by atoms with E-state index >= 15 is 0 Å². The van der Waals surface area contributed by atoms with Crippen LogP contribution >= 0.6 is 0 Å². The van der Waals surface area contributed by atoms with Gasteiger partial charge in [0.15, 0.2) is 0 Å². The topological polar surface area (TPSA) is 91.5 Å². The van der Waals surface area contributed by atoms with Gasteiger partial charge in [-0.3, -0.25) is 4.90 Å². The van der Waals surface area contributed by atoms with E-state index in [1.54, 1.807) is 37.4 Å². The van der Waals surface area contributed by atoms with Crippen LogP contribution in [0.25, 0.3) is 5.69 Å². The van der Waals surface area contributed by atoms with Crippen molar-refractivity contribution in [2.24, 2.45) is 0 Å². The molecule has 0 aliphatic rings. The second kappa shape index (κ2) is 10.7. The number of rotatable bonds is 8. The van der Waals surface area contributed by atoms with Crippen molar-refractivity contribution in [2.45, 2.75) is 19.8 Å². The molecule has 0 fully saturated rings. The minimum absolute atomic E-state index is 0.349. The van der Waals surface area contributed by atoms with Gasteiger partial charge in [0.1, 0.15) is 17.2 Å². The van der Waals surface area contributed by atoms with E-state index in [0.717, 1.165) is 26.9 Å². The summed E-state index contributed by atoms with van der Waals surface area (Å²) >= 11 is 0. The number of hydrogen-bond acceptors (Lipinski definition) is 6. The van der Waals surface area contributed by atoms with Crippen molar-refractivity contribution in [1.82, 2.24) is 19.8 Å². The number of carbonyl (C=O) groups is 1. The zero-order chi connectivity index (χ0) is 24.8. The summed E-state index contributed by atoms with van der Waals surface area (Å²) < 4.78 is 12.7. The monoisotopic (exact) mass is 473 g/mol. The number of anilines is 1. The van der Waals surface area contributed by atoms with Crippen LogP contribution in [0.4, 0.5) is 10.5 Å². The molecule has 1 aromatic heterocycles. The molecule has 4 rings (SSSR count). The molecular formula is C26H27N5O4. The van der Waals surface area contributed by atoms with Crippen molar-refractivity contribution in [1.29, 1.82) is 0 Å².